The summed E-state index contributed by atoms with van der Waals surface area (Å²) in [4.78, 5) is 23.7. The lowest BCUT2D eigenvalue weighted by atomic mass is 10.3. The van der Waals surface area contributed by atoms with Crippen molar-refractivity contribution >= 4 is 40.1 Å². The summed E-state index contributed by atoms with van der Waals surface area (Å²) >= 11 is 2.59. The molecule has 1 amide bonds. The molecule has 3 aromatic heterocycles. The second-order valence-electron chi connectivity index (χ2n) is 5.10. The van der Waals surface area contributed by atoms with Crippen LogP contribution in [0.1, 0.15) is 26.7 Å². The molecule has 0 saturated carbocycles. The van der Waals surface area contributed by atoms with Crippen molar-refractivity contribution in [3.63, 3.8) is 0 Å². The summed E-state index contributed by atoms with van der Waals surface area (Å²) in [5, 5.41) is 15.0. The summed E-state index contributed by atoms with van der Waals surface area (Å²) in [7, 11) is 4.43. The smallest absolute Gasteiger partial charge is 0.373 e. The molecule has 27 heavy (non-hydrogen) atoms. The highest BCUT2D eigenvalue weighted by atomic mass is 32.2. The van der Waals surface area contributed by atoms with E-state index in [1.807, 2.05) is 0 Å². The van der Waals surface area contributed by atoms with Crippen molar-refractivity contribution in [1.82, 2.24) is 20.0 Å². The number of hydrogen-bond donors (Lipinski definition) is 1. The maximum Gasteiger partial charge on any atom is 0.373 e. The van der Waals surface area contributed by atoms with E-state index in [-0.39, 0.29) is 17.5 Å². The van der Waals surface area contributed by atoms with Crippen molar-refractivity contribution in [2.45, 2.75) is 10.1 Å². The van der Waals surface area contributed by atoms with E-state index in [4.69, 9.17) is 9.15 Å². The van der Waals surface area contributed by atoms with E-state index in [1.165, 1.54) is 42.0 Å². The molecule has 3 rings (SSSR count). The molecule has 0 aromatic carbocycles. The molecule has 0 fully saturated rings. The fraction of sp³-hybridized carbons (Fsp3) is 0.267. The highest BCUT2D eigenvalue weighted by Gasteiger charge is 2.18. The average molecular weight is 409 g/mol. The third-order valence-electron chi connectivity index (χ3n) is 3.25. The minimum absolute atomic E-state index is 0.142. The lowest BCUT2D eigenvalue weighted by Crippen LogP contribution is -2.12. The van der Waals surface area contributed by atoms with E-state index < -0.39 is 5.97 Å². The number of rotatable bonds is 7. The molecule has 0 aliphatic rings. The monoisotopic (exact) mass is 409 g/mol. The minimum atomic E-state index is -0.530. The SMILES string of the molecule is COC(=O)c1ccc(CSc2nnc(NC(=O)c3cn(C)nc3OC)s2)o1. The van der Waals surface area contributed by atoms with Gasteiger partial charge in [0.15, 0.2) is 4.34 Å². The topological polar surface area (TPSA) is 121 Å². The Morgan fingerprint density at radius 3 is 2.89 bits per heavy atom. The highest BCUT2D eigenvalue weighted by Crippen LogP contribution is 2.29. The standard InChI is InChI=1S/C15H15N5O5S2/c1-20-6-9(12(19-20)23-2)11(21)16-14-17-18-15(27-14)26-7-8-4-5-10(25-8)13(22)24-3/h4-6H,7H2,1-3H3,(H,16,17,21). The fourth-order valence-corrected chi connectivity index (χ4v) is 3.70. The molecule has 0 unspecified atom stereocenters. The van der Waals surface area contributed by atoms with Crippen molar-refractivity contribution in [2.24, 2.45) is 7.05 Å². The Balaban J connectivity index is 1.59. The van der Waals surface area contributed by atoms with Crippen LogP contribution in [0, 0.1) is 0 Å². The maximum atomic E-state index is 12.3. The summed E-state index contributed by atoms with van der Waals surface area (Å²) in [6, 6.07) is 3.24. The second kappa shape index (κ2) is 8.22. The first-order valence-electron chi connectivity index (χ1n) is 7.52. The van der Waals surface area contributed by atoms with Crippen molar-refractivity contribution in [3.05, 3.63) is 35.4 Å². The molecule has 3 aromatic rings. The molecule has 3 heterocycles. The summed E-state index contributed by atoms with van der Waals surface area (Å²) in [5.74, 6) is 0.508. The Morgan fingerprint density at radius 1 is 1.33 bits per heavy atom. The van der Waals surface area contributed by atoms with Gasteiger partial charge in [-0.3, -0.25) is 14.8 Å². The van der Waals surface area contributed by atoms with Crippen molar-refractivity contribution in [1.29, 1.82) is 0 Å². The van der Waals surface area contributed by atoms with Gasteiger partial charge in [-0.2, -0.15) is 0 Å². The predicted octanol–water partition coefficient (Wildman–Crippen LogP) is 2.20. The number of nitrogens with zero attached hydrogens (tertiary/aromatic N) is 4. The number of carbonyl (C=O) groups excluding carboxylic acids is 2. The summed E-state index contributed by atoms with van der Waals surface area (Å²) in [6.45, 7) is 0. The van der Waals surface area contributed by atoms with Gasteiger partial charge >= 0.3 is 5.97 Å². The Kier molecular flexibility index (Phi) is 5.76. The van der Waals surface area contributed by atoms with Crippen LogP contribution in [-0.4, -0.2) is 46.1 Å². The van der Waals surface area contributed by atoms with E-state index in [2.05, 4.69) is 25.3 Å². The van der Waals surface area contributed by atoms with Gasteiger partial charge in [0.1, 0.15) is 11.3 Å². The molecule has 10 nitrogen and oxygen atoms in total. The molecule has 0 radical (unpaired) electrons. The molecular formula is C15H15N5O5S2. The number of thioether (sulfide) groups is 1. The third kappa shape index (κ3) is 4.46. The van der Waals surface area contributed by atoms with E-state index >= 15 is 0 Å². The molecule has 0 bridgehead atoms. The Labute approximate surface area is 161 Å². The normalized spacial score (nSPS) is 10.6. The summed E-state index contributed by atoms with van der Waals surface area (Å²) in [5.41, 5.74) is 0.301. The van der Waals surface area contributed by atoms with Gasteiger partial charge < -0.3 is 13.9 Å². The van der Waals surface area contributed by atoms with Gasteiger partial charge in [-0.25, -0.2) is 4.79 Å². The van der Waals surface area contributed by atoms with Gasteiger partial charge in [-0.05, 0) is 12.1 Å². The van der Waals surface area contributed by atoms with Crippen LogP contribution in [0.3, 0.4) is 0 Å². The van der Waals surface area contributed by atoms with Crippen LogP contribution in [0.5, 0.6) is 5.88 Å². The molecule has 142 valence electrons. The minimum Gasteiger partial charge on any atom is -0.479 e. The number of carbonyl (C=O) groups is 2. The first kappa shape index (κ1) is 18.9. The fourth-order valence-electron chi connectivity index (χ4n) is 2.06. The number of furan rings is 1. The predicted molar refractivity (Wildman–Crippen MR) is 97.2 cm³/mol. The zero-order chi connectivity index (χ0) is 19.4. The number of aryl methyl sites for hydroxylation is 1. The first-order chi connectivity index (χ1) is 13.0. The van der Waals surface area contributed by atoms with Crippen LogP contribution in [0.15, 0.2) is 27.1 Å². The van der Waals surface area contributed by atoms with E-state index in [1.54, 1.807) is 25.4 Å². The van der Waals surface area contributed by atoms with Gasteiger partial charge in [-0.1, -0.05) is 23.1 Å². The van der Waals surface area contributed by atoms with Crippen molar-refractivity contribution in [3.8, 4) is 5.88 Å². The largest absolute Gasteiger partial charge is 0.479 e. The van der Waals surface area contributed by atoms with E-state index in [9.17, 15) is 9.59 Å². The second-order valence-corrected chi connectivity index (χ2v) is 7.30. The van der Waals surface area contributed by atoms with Gasteiger partial charge in [0.25, 0.3) is 5.91 Å². The van der Waals surface area contributed by atoms with Crippen LogP contribution in [0.2, 0.25) is 0 Å². The zero-order valence-corrected chi connectivity index (χ0v) is 16.2. The van der Waals surface area contributed by atoms with E-state index in [0.29, 0.717) is 26.5 Å². The number of aromatic nitrogens is 4. The quantitative estimate of drug-likeness (QED) is 0.355. The summed E-state index contributed by atoms with van der Waals surface area (Å²) < 4.78 is 17.2. The van der Waals surface area contributed by atoms with Gasteiger partial charge in [0, 0.05) is 13.2 Å². The number of anilines is 1. The molecule has 0 aliphatic carbocycles. The van der Waals surface area contributed by atoms with Crippen molar-refractivity contribution in [2.75, 3.05) is 19.5 Å². The molecule has 12 heteroatoms. The number of amides is 1. The van der Waals surface area contributed by atoms with Crippen LogP contribution in [0.25, 0.3) is 0 Å². The zero-order valence-electron chi connectivity index (χ0n) is 14.6. The van der Waals surface area contributed by atoms with Crippen molar-refractivity contribution < 1.29 is 23.5 Å². The third-order valence-corrected chi connectivity index (χ3v) is 5.24. The van der Waals surface area contributed by atoms with Crippen LogP contribution >= 0.6 is 23.1 Å². The lowest BCUT2D eigenvalue weighted by Gasteiger charge is -1.99. The Bertz CT molecular complexity index is 964. The van der Waals surface area contributed by atoms with Gasteiger partial charge in [0.2, 0.25) is 16.8 Å². The number of nitrogens with one attached hydrogen (secondary N) is 1. The molecule has 0 spiro atoms. The molecule has 0 saturated heterocycles. The maximum absolute atomic E-state index is 12.3. The molecule has 0 aliphatic heterocycles. The van der Waals surface area contributed by atoms with E-state index in [0.717, 1.165) is 0 Å². The van der Waals surface area contributed by atoms with Crippen LogP contribution in [-0.2, 0) is 17.5 Å². The molecular weight excluding hydrogens is 394 g/mol. The first-order valence-corrected chi connectivity index (χ1v) is 9.32. The van der Waals surface area contributed by atoms with Gasteiger partial charge in [0.05, 0.1) is 20.0 Å². The van der Waals surface area contributed by atoms with Crippen LogP contribution in [0.4, 0.5) is 5.13 Å². The number of hydrogen-bond acceptors (Lipinski definition) is 10. The molecule has 1 N–H and O–H groups in total. The lowest BCUT2D eigenvalue weighted by molar-refractivity contribution is 0.0563. The average Bonchev–Trinajstić information content (AvgIpc) is 3.38. The summed E-state index contributed by atoms with van der Waals surface area (Å²) in [6.07, 6.45) is 1.56. The highest BCUT2D eigenvalue weighted by molar-refractivity contribution is 8.00. The Hall–Kier alpha value is -2.86. The Morgan fingerprint density at radius 2 is 2.15 bits per heavy atom. The number of methoxy groups -OCH3 is 2. The van der Waals surface area contributed by atoms with Gasteiger partial charge in [-0.15, -0.1) is 15.3 Å². The number of ether oxygens (including phenoxy) is 2. The van der Waals surface area contributed by atoms with Crippen LogP contribution < -0.4 is 10.1 Å². The number of esters is 1. The molecule has 0 atom stereocenters.